The molecule has 1 N–H and O–H groups in total. The van der Waals surface area contributed by atoms with Crippen LogP contribution < -0.4 is 15.2 Å². The number of hydrogen-bond donors (Lipinski definition) is 1. The highest BCUT2D eigenvalue weighted by Crippen LogP contribution is 2.44. The molecule has 7 heteroatoms. The molecule has 0 spiro atoms. The van der Waals surface area contributed by atoms with Gasteiger partial charge in [0, 0.05) is 12.4 Å². The molecule has 100 valence electrons. The first-order valence-electron chi connectivity index (χ1n) is 5.83. The van der Waals surface area contributed by atoms with E-state index in [0.29, 0.717) is 23.3 Å². The van der Waals surface area contributed by atoms with Crippen molar-refractivity contribution < 1.29 is 9.22 Å². The van der Waals surface area contributed by atoms with E-state index in [1.165, 1.54) is 0 Å². The summed E-state index contributed by atoms with van der Waals surface area (Å²) in [6.45, 7) is 3.12. The van der Waals surface area contributed by atoms with Crippen molar-refractivity contribution in [2.45, 2.75) is 6.92 Å². The van der Waals surface area contributed by atoms with Crippen LogP contribution in [0.5, 0.6) is 5.75 Å². The third-order valence-corrected chi connectivity index (χ3v) is 3.72. The molecule has 0 radical (unpaired) electrons. The van der Waals surface area contributed by atoms with Gasteiger partial charge >= 0.3 is 0 Å². The fourth-order valence-electron chi connectivity index (χ4n) is 2.27. The minimum absolute atomic E-state index is 0.171. The summed E-state index contributed by atoms with van der Waals surface area (Å²) in [5.41, 5.74) is 3.18. The first-order chi connectivity index (χ1) is 9.11. The average Bonchev–Trinajstić information content (AvgIpc) is 2.39. The molecule has 0 fully saturated rings. The van der Waals surface area contributed by atoms with Crippen molar-refractivity contribution in [3.8, 4) is 5.75 Å². The van der Waals surface area contributed by atoms with Crippen LogP contribution >= 0.6 is 15.9 Å². The Bertz CT molecular complexity index is 664. The minimum atomic E-state index is 0.171. The summed E-state index contributed by atoms with van der Waals surface area (Å²) in [7, 11) is 1.97. The Morgan fingerprint density at radius 1 is 1.47 bits per heavy atom. The van der Waals surface area contributed by atoms with E-state index in [4.69, 9.17) is 4.74 Å². The SMILES string of the molecule is Cc1nc(NF)c2cc(Br)c3c(c2n1)N(C)CCO3. The summed E-state index contributed by atoms with van der Waals surface area (Å²) >= 11 is 3.46. The maximum absolute atomic E-state index is 12.9. The zero-order chi connectivity index (χ0) is 13.6. The molecule has 19 heavy (non-hydrogen) atoms. The van der Waals surface area contributed by atoms with Crippen molar-refractivity contribution in [1.82, 2.24) is 9.97 Å². The summed E-state index contributed by atoms with van der Waals surface area (Å²) in [6, 6.07) is 1.77. The molecule has 0 saturated carbocycles. The molecule has 2 heterocycles. The maximum Gasteiger partial charge on any atom is 0.165 e. The van der Waals surface area contributed by atoms with E-state index in [1.54, 1.807) is 18.5 Å². The Morgan fingerprint density at radius 2 is 2.26 bits per heavy atom. The summed E-state index contributed by atoms with van der Waals surface area (Å²) in [6.07, 6.45) is 0. The van der Waals surface area contributed by atoms with Gasteiger partial charge in [-0.25, -0.2) is 15.5 Å². The predicted molar refractivity (Wildman–Crippen MR) is 75.5 cm³/mol. The Labute approximate surface area is 117 Å². The summed E-state index contributed by atoms with van der Waals surface area (Å²) in [5, 5.41) is 0.621. The Hall–Kier alpha value is -1.63. The molecule has 0 saturated heterocycles. The lowest BCUT2D eigenvalue weighted by molar-refractivity contribution is 0.310. The third kappa shape index (κ3) is 1.88. The summed E-state index contributed by atoms with van der Waals surface area (Å²) < 4.78 is 19.3. The van der Waals surface area contributed by atoms with Gasteiger partial charge in [0.05, 0.1) is 11.0 Å². The average molecular weight is 327 g/mol. The molecular formula is C12H12BrFN4O. The molecule has 0 atom stereocenters. The smallest absolute Gasteiger partial charge is 0.165 e. The van der Waals surface area contributed by atoms with E-state index in [1.807, 2.05) is 7.05 Å². The maximum atomic E-state index is 12.9. The topological polar surface area (TPSA) is 50.3 Å². The van der Waals surface area contributed by atoms with Gasteiger partial charge in [0.15, 0.2) is 11.6 Å². The highest BCUT2D eigenvalue weighted by atomic mass is 79.9. The van der Waals surface area contributed by atoms with Crippen LogP contribution in [0.1, 0.15) is 5.82 Å². The Morgan fingerprint density at radius 3 is 3.00 bits per heavy atom. The van der Waals surface area contributed by atoms with Crippen LogP contribution in [0.3, 0.4) is 0 Å². The molecule has 0 aliphatic carbocycles. The molecule has 1 aromatic carbocycles. The minimum Gasteiger partial charge on any atom is -0.488 e. The number of hydrogen-bond acceptors (Lipinski definition) is 5. The lowest BCUT2D eigenvalue weighted by atomic mass is 10.1. The normalized spacial score (nSPS) is 14.2. The monoisotopic (exact) mass is 326 g/mol. The van der Waals surface area contributed by atoms with Crippen LogP contribution in [-0.2, 0) is 0 Å². The lowest BCUT2D eigenvalue weighted by Gasteiger charge is -2.29. The van der Waals surface area contributed by atoms with Gasteiger partial charge in [0.1, 0.15) is 23.6 Å². The van der Waals surface area contributed by atoms with Crippen molar-refractivity contribution in [2.24, 2.45) is 0 Å². The van der Waals surface area contributed by atoms with E-state index in [2.05, 4.69) is 30.8 Å². The van der Waals surface area contributed by atoms with Crippen molar-refractivity contribution in [1.29, 1.82) is 0 Å². The van der Waals surface area contributed by atoms with Crippen LogP contribution in [0.25, 0.3) is 10.9 Å². The van der Waals surface area contributed by atoms with E-state index in [9.17, 15) is 4.48 Å². The molecule has 1 aliphatic rings. The first-order valence-corrected chi connectivity index (χ1v) is 6.62. The highest BCUT2D eigenvalue weighted by Gasteiger charge is 2.24. The van der Waals surface area contributed by atoms with Gasteiger partial charge < -0.3 is 9.64 Å². The molecule has 1 aromatic heterocycles. The van der Waals surface area contributed by atoms with Gasteiger partial charge in [-0.15, -0.1) is 4.48 Å². The summed E-state index contributed by atoms with van der Waals surface area (Å²) in [4.78, 5) is 10.5. The van der Waals surface area contributed by atoms with Gasteiger partial charge in [-0.3, -0.25) is 0 Å². The van der Waals surface area contributed by atoms with E-state index in [-0.39, 0.29) is 5.82 Å². The van der Waals surface area contributed by atoms with Gasteiger partial charge in [0.2, 0.25) is 0 Å². The zero-order valence-corrected chi connectivity index (χ0v) is 12.1. The molecule has 2 aromatic rings. The van der Waals surface area contributed by atoms with Crippen molar-refractivity contribution >= 4 is 38.3 Å². The molecule has 0 amide bonds. The molecule has 3 rings (SSSR count). The van der Waals surface area contributed by atoms with Crippen molar-refractivity contribution in [3.05, 3.63) is 16.4 Å². The highest BCUT2D eigenvalue weighted by molar-refractivity contribution is 9.10. The Kier molecular flexibility index (Phi) is 2.93. The number of ether oxygens (including phenoxy) is 1. The summed E-state index contributed by atoms with van der Waals surface area (Å²) in [5.74, 6) is 1.42. The number of benzene rings is 1. The number of rotatable bonds is 1. The van der Waals surface area contributed by atoms with E-state index >= 15 is 0 Å². The lowest BCUT2D eigenvalue weighted by Crippen LogP contribution is -2.29. The second-order valence-electron chi connectivity index (χ2n) is 4.42. The number of aryl methyl sites for hydroxylation is 1. The number of nitrogens with one attached hydrogen (secondary N) is 1. The van der Waals surface area contributed by atoms with Crippen LogP contribution in [0.2, 0.25) is 0 Å². The molecular weight excluding hydrogens is 315 g/mol. The van der Waals surface area contributed by atoms with Crippen LogP contribution in [-0.4, -0.2) is 30.2 Å². The van der Waals surface area contributed by atoms with Gasteiger partial charge in [-0.05, 0) is 28.9 Å². The predicted octanol–water partition coefficient (Wildman–Crippen LogP) is 2.83. The second-order valence-corrected chi connectivity index (χ2v) is 5.27. The van der Waals surface area contributed by atoms with E-state index in [0.717, 1.165) is 22.5 Å². The molecule has 0 bridgehead atoms. The fourth-order valence-corrected chi connectivity index (χ4v) is 2.80. The number of fused-ring (bicyclic) bond motifs is 3. The standard InChI is InChI=1S/C12H12BrFN4O/c1-6-15-9-7(12(16-6)17-14)5-8(13)11-10(9)18(2)3-4-19-11/h5H,3-4H2,1-2H3,(H,15,16,17). The molecule has 1 aliphatic heterocycles. The zero-order valence-electron chi connectivity index (χ0n) is 10.5. The van der Waals surface area contributed by atoms with Crippen LogP contribution in [0.15, 0.2) is 10.5 Å². The number of nitrogens with zero attached hydrogens (tertiary/aromatic N) is 3. The Balaban J connectivity index is 2.43. The second kappa shape index (κ2) is 4.48. The van der Waals surface area contributed by atoms with Crippen molar-refractivity contribution in [2.75, 3.05) is 30.6 Å². The molecule has 0 unspecified atom stereocenters. The number of halogens is 2. The number of anilines is 2. The van der Waals surface area contributed by atoms with Gasteiger partial charge in [0.25, 0.3) is 0 Å². The van der Waals surface area contributed by atoms with E-state index < -0.39 is 0 Å². The van der Waals surface area contributed by atoms with Gasteiger partial charge in [-0.1, -0.05) is 0 Å². The fraction of sp³-hybridized carbons (Fsp3) is 0.333. The third-order valence-electron chi connectivity index (χ3n) is 3.13. The number of likely N-dealkylation sites (N-methyl/N-ethyl adjacent to an activating group) is 1. The van der Waals surface area contributed by atoms with Crippen LogP contribution in [0.4, 0.5) is 16.0 Å². The largest absolute Gasteiger partial charge is 0.488 e. The van der Waals surface area contributed by atoms with Gasteiger partial charge in [-0.2, -0.15) is 0 Å². The number of aromatic nitrogens is 2. The first kappa shape index (κ1) is 12.4. The van der Waals surface area contributed by atoms with Crippen LogP contribution in [0, 0.1) is 6.92 Å². The van der Waals surface area contributed by atoms with Crippen molar-refractivity contribution in [3.63, 3.8) is 0 Å². The molecule has 5 nitrogen and oxygen atoms in total. The quantitative estimate of drug-likeness (QED) is 0.817.